The molecular formula is C9H12FNO3S. The minimum atomic E-state index is -3.56. The van der Waals surface area contributed by atoms with Crippen LogP contribution >= 0.6 is 0 Å². The van der Waals surface area contributed by atoms with Gasteiger partial charge in [0.25, 0.3) is 0 Å². The lowest BCUT2D eigenvalue weighted by molar-refractivity contribution is 0.321. The molecule has 0 spiro atoms. The number of benzene rings is 1. The third-order valence-corrected chi connectivity index (χ3v) is 2.52. The Morgan fingerprint density at radius 1 is 1.47 bits per heavy atom. The molecule has 0 saturated heterocycles. The molecule has 0 aromatic heterocycles. The van der Waals surface area contributed by atoms with E-state index in [1.165, 1.54) is 6.07 Å². The number of halogens is 1. The average Bonchev–Trinajstić information content (AvgIpc) is 2.10. The van der Waals surface area contributed by atoms with Gasteiger partial charge in [-0.05, 0) is 18.6 Å². The highest BCUT2D eigenvalue weighted by Crippen LogP contribution is 2.19. The Balaban J connectivity index is 2.62. The molecule has 0 aliphatic heterocycles. The second kappa shape index (κ2) is 4.59. The van der Waals surface area contributed by atoms with Crippen molar-refractivity contribution in [3.05, 3.63) is 29.6 Å². The van der Waals surface area contributed by atoms with Crippen LogP contribution < -0.4 is 9.88 Å². The lowest BCUT2D eigenvalue weighted by Crippen LogP contribution is -2.21. The number of hydrogen-bond donors (Lipinski definition) is 1. The highest BCUT2D eigenvalue weighted by molar-refractivity contribution is 7.89. The number of hydrogen-bond acceptors (Lipinski definition) is 3. The molecule has 84 valence electrons. The number of rotatable bonds is 4. The molecule has 0 radical (unpaired) electrons. The van der Waals surface area contributed by atoms with Gasteiger partial charge in [-0.3, -0.25) is 0 Å². The van der Waals surface area contributed by atoms with E-state index in [-0.39, 0.29) is 18.1 Å². The third-order valence-electron chi connectivity index (χ3n) is 1.78. The van der Waals surface area contributed by atoms with E-state index in [4.69, 9.17) is 9.88 Å². The van der Waals surface area contributed by atoms with Gasteiger partial charge in [-0.2, -0.15) is 0 Å². The fraction of sp³-hybridized carbons (Fsp3) is 0.333. The highest BCUT2D eigenvalue weighted by atomic mass is 32.2. The van der Waals surface area contributed by atoms with E-state index >= 15 is 0 Å². The monoisotopic (exact) mass is 233 g/mol. The molecule has 0 unspecified atom stereocenters. The molecule has 0 amide bonds. The van der Waals surface area contributed by atoms with E-state index in [2.05, 4.69) is 0 Å². The molecule has 0 atom stereocenters. The van der Waals surface area contributed by atoms with E-state index < -0.39 is 15.8 Å². The topological polar surface area (TPSA) is 69.4 Å². The lowest BCUT2D eigenvalue weighted by Gasteiger charge is -2.07. The van der Waals surface area contributed by atoms with Crippen LogP contribution in [-0.2, 0) is 10.0 Å². The molecule has 1 rings (SSSR count). The fourth-order valence-electron chi connectivity index (χ4n) is 1.000. The summed E-state index contributed by atoms with van der Waals surface area (Å²) in [4.78, 5) is 0. The van der Waals surface area contributed by atoms with E-state index in [1.54, 1.807) is 19.1 Å². The van der Waals surface area contributed by atoms with Gasteiger partial charge in [0, 0.05) is 0 Å². The first-order valence-electron chi connectivity index (χ1n) is 4.28. The Kier molecular flexibility index (Phi) is 3.65. The minimum Gasteiger partial charge on any atom is -0.489 e. The van der Waals surface area contributed by atoms with Gasteiger partial charge in [-0.1, -0.05) is 12.1 Å². The van der Waals surface area contributed by atoms with Crippen molar-refractivity contribution in [3.8, 4) is 5.75 Å². The zero-order valence-corrected chi connectivity index (χ0v) is 9.05. The van der Waals surface area contributed by atoms with E-state index in [9.17, 15) is 12.8 Å². The van der Waals surface area contributed by atoms with Gasteiger partial charge in [0.15, 0.2) is 11.6 Å². The van der Waals surface area contributed by atoms with Crippen LogP contribution in [0.4, 0.5) is 4.39 Å². The first-order chi connectivity index (χ1) is 6.90. The van der Waals surface area contributed by atoms with Crippen molar-refractivity contribution in [3.63, 3.8) is 0 Å². The van der Waals surface area contributed by atoms with Crippen molar-refractivity contribution in [2.24, 2.45) is 5.14 Å². The quantitative estimate of drug-likeness (QED) is 0.836. The fourth-order valence-corrected chi connectivity index (χ4v) is 1.32. The average molecular weight is 233 g/mol. The Morgan fingerprint density at radius 2 is 2.13 bits per heavy atom. The molecule has 0 fully saturated rings. The van der Waals surface area contributed by atoms with Crippen LogP contribution in [0.3, 0.4) is 0 Å². The van der Waals surface area contributed by atoms with Crippen LogP contribution in [0.5, 0.6) is 5.75 Å². The van der Waals surface area contributed by atoms with Gasteiger partial charge in [0.05, 0.1) is 5.75 Å². The van der Waals surface area contributed by atoms with Crippen LogP contribution in [0.1, 0.15) is 5.56 Å². The Bertz CT molecular complexity index is 445. The summed E-state index contributed by atoms with van der Waals surface area (Å²) >= 11 is 0. The smallest absolute Gasteiger partial charge is 0.212 e. The van der Waals surface area contributed by atoms with Crippen LogP contribution in [0.25, 0.3) is 0 Å². The lowest BCUT2D eigenvalue weighted by atomic mass is 10.2. The van der Waals surface area contributed by atoms with Gasteiger partial charge in [-0.25, -0.2) is 17.9 Å². The Labute approximate surface area is 87.9 Å². The van der Waals surface area contributed by atoms with E-state index in [1.807, 2.05) is 0 Å². The maximum Gasteiger partial charge on any atom is 0.212 e. The van der Waals surface area contributed by atoms with Crippen LogP contribution in [-0.4, -0.2) is 20.8 Å². The summed E-state index contributed by atoms with van der Waals surface area (Å²) in [6.07, 6.45) is 0. The first-order valence-corrected chi connectivity index (χ1v) is 6.00. The van der Waals surface area contributed by atoms with Crippen molar-refractivity contribution in [1.82, 2.24) is 0 Å². The van der Waals surface area contributed by atoms with Crippen molar-refractivity contribution < 1.29 is 17.5 Å². The number of aryl methyl sites for hydroxylation is 1. The molecule has 0 aliphatic rings. The molecule has 4 nitrogen and oxygen atoms in total. The molecular weight excluding hydrogens is 221 g/mol. The van der Waals surface area contributed by atoms with E-state index in [0.29, 0.717) is 5.56 Å². The maximum atomic E-state index is 13.3. The second-order valence-electron chi connectivity index (χ2n) is 3.10. The summed E-state index contributed by atoms with van der Waals surface area (Å²) in [5.74, 6) is -0.772. The zero-order chi connectivity index (χ0) is 11.5. The summed E-state index contributed by atoms with van der Waals surface area (Å²) in [7, 11) is -3.56. The predicted molar refractivity (Wildman–Crippen MR) is 54.6 cm³/mol. The highest BCUT2D eigenvalue weighted by Gasteiger charge is 2.07. The molecule has 2 N–H and O–H groups in total. The van der Waals surface area contributed by atoms with Crippen molar-refractivity contribution in [2.75, 3.05) is 12.4 Å². The molecule has 1 aromatic carbocycles. The zero-order valence-electron chi connectivity index (χ0n) is 8.23. The van der Waals surface area contributed by atoms with Gasteiger partial charge < -0.3 is 4.74 Å². The third kappa shape index (κ3) is 3.85. The number of nitrogens with two attached hydrogens (primary N) is 1. The normalized spacial score (nSPS) is 11.4. The largest absolute Gasteiger partial charge is 0.489 e. The molecule has 0 bridgehead atoms. The Morgan fingerprint density at radius 3 is 2.73 bits per heavy atom. The minimum absolute atomic E-state index is 0.0404. The first kappa shape index (κ1) is 11.9. The predicted octanol–water partition coefficient (Wildman–Crippen LogP) is 0.801. The molecule has 1 aromatic rings. The summed E-state index contributed by atoms with van der Waals surface area (Å²) in [6.45, 7) is 1.45. The summed E-state index contributed by atoms with van der Waals surface area (Å²) in [6, 6.07) is 4.66. The van der Waals surface area contributed by atoms with Crippen molar-refractivity contribution in [1.29, 1.82) is 0 Å². The van der Waals surface area contributed by atoms with Gasteiger partial charge in [0.1, 0.15) is 6.61 Å². The summed E-state index contributed by atoms with van der Waals surface area (Å²) in [5, 5.41) is 4.77. The summed E-state index contributed by atoms with van der Waals surface area (Å²) in [5.41, 5.74) is 0.447. The van der Waals surface area contributed by atoms with Gasteiger partial charge in [0.2, 0.25) is 10.0 Å². The SMILES string of the molecule is Cc1cccc(OCCS(N)(=O)=O)c1F. The number of primary sulfonamides is 1. The van der Waals surface area contributed by atoms with Crippen LogP contribution in [0.15, 0.2) is 18.2 Å². The summed E-state index contributed by atoms with van der Waals surface area (Å²) < 4.78 is 39.4. The number of ether oxygens (including phenoxy) is 1. The molecule has 0 heterocycles. The van der Waals surface area contributed by atoms with E-state index in [0.717, 1.165) is 0 Å². The van der Waals surface area contributed by atoms with Gasteiger partial charge >= 0.3 is 0 Å². The molecule has 15 heavy (non-hydrogen) atoms. The number of sulfonamides is 1. The molecule has 0 saturated carbocycles. The van der Waals surface area contributed by atoms with Crippen molar-refractivity contribution >= 4 is 10.0 Å². The van der Waals surface area contributed by atoms with Crippen LogP contribution in [0, 0.1) is 12.7 Å². The Hall–Kier alpha value is -1.14. The maximum absolute atomic E-state index is 13.3. The standard InChI is InChI=1S/C9H12FNO3S/c1-7-3-2-4-8(9(7)10)14-5-6-15(11,12)13/h2-4H,5-6H2,1H3,(H2,11,12,13). The van der Waals surface area contributed by atoms with Crippen LogP contribution in [0.2, 0.25) is 0 Å². The second-order valence-corrected chi connectivity index (χ2v) is 4.84. The van der Waals surface area contributed by atoms with Gasteiger partial charge in [-0.15, -0.1) is 0 Å². The molecule has 0 aliphatic carbocycles. The molecule has 6 heteroatoms. The van der Waals surface area contributed by atoms with Crippen molar-refractivity contribution in [2.45, 2.75) is 6.92 Å².